The lowest BCUT2D eigenvalue weighted by Crippen LogP contribution is -2.48. The Morgan fingerprint density at radius 2 is 1.97 bits per heavy atom. The number of aromatic amines is 1. The molecule has 31 heavy (non-hydrogen) atoms. The zero-order valence-corrected chi connectivity index (χ0v) is 19.0. The van der Waals surface area contributed by atoms with Crippen LogP contribution in [0.1, 0.15) is 19.5 Å². The molecule has 2 aliphatic heterocycles. The Morgan fingerprint density at radius 1 is 1.26 bits per heavy atom. The van der Waals surface area contributed by atoms with Gasteiger partial charge >= 0.3 is 0 Å². The summed E-state index contributed by atoms with van der Waals surface area (Å²) in [6.07, 6.45) is 0.641. The number of hydrogen-bond donors (Lipinski definition) is 3. The predicted octanol–water partition coefficient (Wildman–Crippen LogP) is 0.632. The molecule has 0 amide bonds. The van der Waals surface area contributed by atoms with Crippen LogP contribution in [0.5, 0.6) is 0 Å². The molecule has 0 radical (unpaired) electrons. The van der Waals surface area contributed by atoms with Crippen molar-refractivity contribution < 1.29 is 9.32 Å². The van der Waals surface area contributed by atoms with Gasteiger partial charge in [-0.2, -0.15) is 10.1 Å². The summed E-state index contributed by atoms with van der Waals surface area (Å²) in [5, 5.41) is 19.4. The monoisotopic (exact) mass is 467 g/mol. The molecule has 2 aromatic heterocycles. The summed E-state index contributed by atoms with van der Waals surface area (Å²) in [7, 11) is -1.14. The third-order valence-electron chi connectivity index (χ3n) is 5.66. The summed E-state index contributed by atoms with van der Waals surface area (Å²) in [4.78, 5) is 26.2. The molecule has 0 aromatic carbocycles. The normalized spacial score (nSPS) is 19.6. The molecule has 0 spiro atoms. The molecule has 12 heteroatoms. The number of halogens is 1. The third-order valence-corrected chi connectivity index (χ3v) is 7.31. The molecule has 0 bridgehead atoms. The molecule has 2 aromatic rings. The van der Waals surface area contributed by atoms with Gasteiger partial charge in [0.25, 0.3) is 5.56 Å². The summed E-state index contributed by atoms with van der Waals surface area (Å²) in [5.41, 5.74) is 1.02. The molecule has 1 fully saturated rings. The molecule has 2 aliphatic rings. The number of aliphatic hydroxyl groups is 1. The second kappa shape index (κ2) is 9.09. The molecule has 0 aliphatic carbocycles. The van der Waals surface area contributed by atoms with Crippen LogP contribution in [0, 0.1) is 5.92 Å². The quantitative estimate of drug-likeness (QED) is 0.560. The van der Waals surface area contributed by atoms with Gasteiger partial charge in [0, 0.05) is 44.4 Å². The van der Waals surface area contributed by atoms with Gasteiger partial charge in [-0.05, 0) is 5.92 Å². The first-order valence-electron chi connectivity index (χ1n) is 10.3. The van der Waals surface area contributed by atoms with E-state index in [-0.39, 0.29) is 29.3 Å². The van der Waals surface area contributed by atoms with Gasteiger partial charge in [0.15, 0.2) is 5.15 Å². The number of nitrogens with one attached hydrogen (secondary N) is 2. The molecule has 3 N–H and O–H groups in total. The highest BCUT2D eigenvalue weighted by atomic mass is 35.5. The van der Waals surface area contributed by atoms with Crippen LogP contribution in [-0.2, 0) is 17.2 Å². The largest absolute Gasteiger partial charge is 0.394 e. The maximum absolute atomic E-state index is 12.5. The number of fused-ring (bicyclic) bond motifs is 1. The lowest BCUT2D eigenvalue weighted by molar-refractivity contribution is 0.249. The summed E-state index contributed by atoms with van der Waals surface area (Å²) >= 11 is 5.93. The average Bonchev–Trinajstić information content (AvgIpc) is 3.14. The maximum atomic E-state index is 12.5. The van der Waals surface area contributed by atoms with Gasteiger partial charge in [-0.25, -0.2) is 10.1 Å². The molecule has 2 atom stereocenters. The number of aryl methyl sites for hydroxylation is 1. The van der Waals surface area contributed by atoms with E-state index < -0.39 is 10.8 Å². The minimum atomic E-state index is -1.14. The van der Waals surface area contributed by atoms with E-state index in [2.05, 4.69) is 20.4 Å². The van der Waals surface area contributed by atoms with E-state index in [4.69, 9.17) is 21.6 Å². The number of hydrogen-bond acceptors (Lipinski definition) is 9. The fraction of sp³-hybridized carbons (Fsp3) is 0.579. The van der Waals surface area contributed by atoms with Gasteiger partial charge in [0.05, 0.1) is 29.1 Å². The van der Waals surface area contributed by atoms with Gasteiger partial charge in [0.1, 0.15) is 16.4 Å². The average molecular weight is 468 g/mol. The molecule has 4 rings (SSSR count). The SMILES string of the molecule is CC(C)[C@H](CO)Nc1nc(N2CCN(c3cc(Cl)n[nH]c3=O)CC2)nc2c1S(=O)CC2. The molecule has 168 valence electrons. The Balaban J connectivity index is 1.56. The molecule has 10 nitrogen and oxygen atoms in total. The van der Waals surface area contributed by atoms with E-state index in [0.717, 1.165) is 5.69 Å². The first kappa shape index (κ1) is 22.0. The number of rotatable bonds is 6. The molecular formula is C19H26ClN7O3S. The Bertz CT molecular complexity index is 1040. The first-order valence-corrected chi connectivity index (χ1v) is 12.0. The van der Waals surface area contributed by atoms with Crippen LogP contribution in [0.4, 0.5) is 17.5 Å². The highest BCUT2D eigenvalue weighted by Crippen LogP contribution is 2.31. The lowest BCUT2D eigenvalue weighted by Gasteiger charge is -2.36. The second-order valence-electron chi connectivity index (χ2n) is 8.00. The van der Waals surface area contributed by atoms with E-state index in [1.165, 1.54) is 0 Å². The van der Waals surface area contributed by atoms with Crippen LogP contribution in [-0.4, -0.2) is 74.1 Å². The number of nitrogens with zero attached hydrogens (tertiary/aromatic N) is 5. The van der Waals surface area contributed by atoms with E-state index in [1.807, 2.05) is 18.7 Å². The van der Waals surface area contributed by atoms with Crippen molar-refractivity contribution in [2.45, 2.75) is 31.2 Å². The smallest absolute Gasteiger partial charge is 0.287 e. The van der Waals surface area contributed by atoms with E-state index >= 15 is 0 Å². The zero-order chi connectivity index (χ0) is 22.1. The van der Waals surface area contributed by atoms with Crippen molar-refractivity contribution in [1.29, 1.82) is 0 Å². The van der Waals surface area contributed by atoms with Crippen LogP contribution >= 0.6 is 11.6 Å². The van der Waals surface area contributed by atoms with Gasteiger partial charge in [0.2, 0.25) is 5.95 Å². The minimum absolute atomic E-state index is 0.0415. The highest BCUT2D eigenvalue weighted by Gasteiger charge is 2.30. The maximum Gasteiger partial charge on any atom is 0.287 e. The van der Waals surface area contributed by atoms with Crippen LogP contribution < -0.4 is 20.7 Å². The van der Waals surface area contributed by atoms with Crippen molar-refractivity contribution in [2.24, 2.45) is 5.92 Å². The third kappa shape index (κ3) is 4.53. The number of aliphatic hydroxyl groups excluding tert-OH is 1. The Morgan fingerprint density at radius 3 is 2.65 bits per heavy atom. The highest BCUT2D eigenvalue weighted by molar-refractivity contribution is 7.85. The summed E-state index contributed by atoms with van der Waals surface area (Å²) < 4.78 is 12.5. The van der Waals surface area contributed by atoms with E-state index in [0.29, 0.717) is 60.7 Å². The van der Waals surface area contributed by atoms with Crippen molar-refractivity contribution in [3.8, 4) is 0 Å². The lowest BCUT2D eigenvalue weighted by atomic mass is 10.1. The van der Waals surface area contributed by atoms with Crippen LogP contribution in [0.25, 0.3) is 0 Å². The van der Waals surface area contributed by atoms with Gasteiger partial charge < -0.3 is 20.2 Å². The fourth-order valence-electron chi connectivity index (χ4n) is 3.78. The standard InChI is InChI=1S/C19H26ClN7O3S/c1-11(2)13(10-28)21-17-16-12(3-8-31(16)30)22-19(23-17)27-6-4-26(5-7-27)14-9-15(20)24-25-18(14)29/h9,11,13,28H,3-8,10H2,1-2H3,(H,25,29)(H,21,22,23)/t13-,31?/m0/s1. The Kier molecular flexibility index (Phi) is 6.44. The molecule has 0 saturated carbocycles. The number of piperazine rings is 1. The van der Waals surface area contributed by atoms with Crippen molar-refractivity contribution in [1.82, 2.24) is 20.2 Å². The predicted molar refractivity (Wildman–Crippen MR) is 121 cm³/mol. The number of H-pyrrole nitrogens is 1. The topological polar surface area (TPSA) is 127 Å². The number of aromatic nitrogens is 4. The number of anilines is 3. The Labute approximate surface area is 187 Å². The van der Waals surface area contributed by atoms with Gasteiger partial charge in [-0.1, -0.05) is 25.4 Å². The van der Waals surface area contributed by atoms with E-state index in [1.54, 1.807) is 6.07 Å². The van der Waals surface area contributed by atoms with Crippen LogP contribution in [0.15, 0.2) is 15.8 Å². The summed E-state index contributed by atoms with van der Waals surface area (Å²) in [6.45, 7) is 6.43. The van der Waals surface area contributed by atoms with Crippen molar-refractivity contribution in [3.05, 3.63) is 27.3 Å². The van der Waals surface area contributed by atoms with Gasteiger partial charge in [-0.15, -0.1) is 0 Å². The van der Waals surface area contributed by atoms with Crippen molar-refractivity contribution in [2.75, 3.05) is 53.7 Å². The van der Waals surface area contributed by atoms with E-state index in [9.17, 15) is 14.1 Å². The van der Waals surface area contributed by atoms with Crippen molar-refractivity contribution >= 4 is 39.9 Å². The summed E-state index contributed by atoms with van der Waals surface area (Å²) in [6, 6.07) is 1.38. The molecule has 1 unspecified atom stereocenters. The molecule has 1 saturated heterocycles. The minimum Gasteiger partial charge on any atom is -0.394 e. The van der Waals surface area contributed by atoms with Gasteiger partial charge in [-0.3, -0.25) is 9.00 Å². The zero-order valence-electron chi connectivity index (χ0n) is 17.5. The molecular weight excluding hydrogens is 442 g/mol. The fourth-order valence-corrected chi connectivity index (χ4v) is 5.24. The Hall–Kier alpha value is -2.24. The van der Waals surface area contributed by atoms with Crippen LogP contribution in [0.3, 0.4) is 0 Å². The molecule has 4 heterocycles. The summed E-state index contributed by atoms with van der Waals surface area (Å²) in [5.74, 6) is 1.83. The second-order valence-corrected chi connectivity index (χ2v) is 9.90. The van der Waals surface area contributed by atoms with Crippen LogP contribution in [0.2, 0.25) is 5.15 Å². The van der Waals surface area contributed by atoms with Crippen molar-refractivity contribution in [3.63, 3.8) is 0 Å². The first-order chi connectivity index (χ1) is 14.9.